The molecule has 5 nitrogen and oxygen atoms in total. The van der Waals surface area contributed by atoms with Crippen LogP contribution in [0.4, 0.5) is 16.6 Å². The summed E-state index contributed by atoms with van der Waals surface area (Å²) < 4.78 is 5.27. The predicted octanol–water partition coefficient (Wildman–Crippen LogP) is 3.69. The average Bonchev–Trinajstić information content (AvgIpc) is 2.90. The largest absolute Gasteiger partial charge is 0.422 e. The molecule has 0 aliphatic rings. The van der Waals surface area contributed by atoms with E-state index in [1.807, 2.05) is 36.4 Å². The Morgan fingerprint density at radius 1 is 1.05 bits per heavy atom. The van der Waals surface area contributed by atoms with Crippen LogP contribution in [0.3, 0.4) is 0 Å². The zero-order chi connectivity index (χ0) is 15.4. The minimum atomic E-state index is -0.512. The van der Waals surface area contributed by atoms with Gasteiger partial charge < -0.3 is 15.8 Å². The topological polar surface area (TPSA) is 77.2 Å². The predicted molar refractivity (Wildman–Crippen MR) is 87.7 cm³/mol. The van der Waals surface area contributed by atoms with Gasteiger partial charge in [0.25, 0.3) is 0 Å². The summed E-state index contributed by atoms with van der Waals surface area (Å²) in [7, 11) is 0. The van der Waals surface area contributed by atoms with Crippen LogP contribution in [0.25, 0.3) is 0 Å². The van der Waals surface area contributed by atoms with Gasteiger partial charge in [0.1, 0.15) is 5.75 Å². The molecule has 110 valence electrons. The van der Waals surface area contributed by atoms with Crippen LogP contribution in [-0.4, -0.2) is 11.0 Å². The summed E-state index contributed by atoms with van der Waals surface area (Å²) in [5.74, 6) is 0.115. The molecule has 0 amide bonds. The molecular weight excluding hydrogens is 298 g/mol. The molecule has 0 aliphatic heterocycles. The Bertz CT molecular complexity index is 773. The third kappa shape index (κ3) is 3.24. The lowest BCUT2D eigenvalue weighted by molar-refractivity contribution is 0.0740. The number of aromatic nitrogens is 1. The Hall–Kier alpha value is -2.86. The van der Waals surface area contributed by atoms with Crippen molar-refractivity contribution in [2.45, 2.75) is 0 Å². The van der Waals surface area contributed by atoms with Gasteiger partial charge >= 0.3 is 5.97 Å². The van der Waals surface area contributed by atoms with Crippen molar-refractivity contribution in [3.63, 3.8) is 0 Å². The molecule has 0 radical (unpaired) electrons. The van der Waals surface area contributed by atoms with Crippen LogP contribution in [0.1, 0.15) is 9.67 Å². The van der Waals surface area contributed by atoms with Crippen LogP contribution in [0.15, 0.2) is 60.7 Å². The first kappa shape index (κ1) is 14.1. The van der Waals surface area contributed by atoms with E-state index in [2.05, 4.69) is 10.3 Å². The molecule has 2 aromatic carbocycles. The Labute approximate surface area is 131 Å². The number of carbonyl (C=O) groups excluding carboxylic acids is 1. The number of anilines is 3. The maximum Gasteiger partial charge on any atom is 0.357 e. The average molecular weight is 311 g/mol. The number of nitrogen functional groups attached to an aromatic ring is 1. The highest BCUT2D eigenvalue weighted by Gasteiger charge is 2.18. The number of ether oxygens (including phenoxy) is 1. The summed E-state index contributed by atoms with van der Waals surface area (Å²) in [5, 5.41) is 3.65. The molecule has 0 fully saturated rings. The second kappa shape index (κ2) is 6.28. The third-order valence-corrected chi connectivity index (χ3v) is 3.78. The SMILES string of the molecule is Nc1nc(Nc2ccccc2)sc1C(=O)Oc1ccccc1. The first-order valence-corrected chi connectivity index (χ1v) is 7.39. The quantitative estimate of drug-likeness (QED) is 0.567. The molecule has 0 unspecified atom stereocenters. The minimum Gasteiger partial charge on any atom is -0.422 e. The molecule has 0 bridgehead atoms. The van der Waals surface area contributed by atoms with Crippen molar-refractivity contribution in [3.05, 3.63) is 65.5 Å². The van der Waals surface area contributed by atoms with Crippen LogP contribution < -0.4 is 15.8 Å². The van der Waals surface area contributed by atoms with E-state index in [9.17, 15) is 4.79 Å². The smallest absolute Gasteiger partial charge is 0.357 e. The van der Waals surface area contributed by atoms with Crippen LogP contribution in [0.2, 0.25) is 0 Å². The number of benzene rings is 2. The van der Waals surface area contributed by atoms with Gasteiger partial charge in [0.05, 0.1) is 0 Å². The number of nitrogens with zero attached hydrogens (tertiary/aromatic N) is 1. The number of hydrogen-bond donors (Lipinski definition) is 2. The highest BCUT2D eigenvalue weighted by atomic mass is 32.1. The zero-order valence-electron chi connectivity index (χ0n) is 11.5. The summed E-state index contributed by atoms with van der Waals surface area (Å²) in [6, 6.07) is 18.4. The highest BCUT2D eigenvalue weighted by molar-refractivity contribution is 7.18. The summed E-state index contributed by atoms with van der Waals surface area (Å²) >= 11 is 1.16. The molecule has 22 heavy (non-hydrogen) atoms. The van der Waals surface area contributed by atoms with Gasteiger partial charge in [-0.1, -0.05) is 47.7 Å². The van der Waals surface area contributed by atoms with Crippen molar-refractivity contribution < 1.29 is 9.53 Å². The number of rotatable bonds is 4. The third-order valence-electron chi connectivity index (χ3n) is 2.82. The monoisotopic (exact) mass is 311 g/mol. The Morgan fingerprint density at radius 3 is 2.36 bits per heavy atom. The maximum atomic E-state index is 12.1. The summed E-state index contributed by atoms with van der Waals surface area (Å²) in [5.41, 5.74) is 6.68. The van der Waals surface area contributed by atoms with Gasteiger partial charge in [0, 0.05) is 5.69 Å². The van der Waals surface area contributed by atoms with E-state index in [0.717, 1.165) is 17.0 Å². The number of nitrogens with two attached hydrogens (primary N) is 1. The molecule has 3 rings (SSSR count). The van der Waals surface area contributed by atoms with Crippen LogP contribution >= 0.6 is 11.3 Å². The molecule has 1 aromatic heterocycles. The molecule has 0 aliphatic carbocycles. The number of para-hydroxylation sites is 2. The van der Waals surface area contributed by atoms with Gasteiger partial charge in [0.15, 0.2) is 15.8 Å². The van der Waals surface area contributed by atoms with E-state index in [1.54, 1.807) is 24.3 Å². The molecule has 3 N–H and O–H groups in total. The highest BCUT2D eigenvalue weighted by Crippen LogP contribution is 2.28. The van der Waals surface area contributed by atoms with Crippen molar-refractivity contribution in [1.29, 1.82) is 0 Å². The number of thiazole rings is 1. The Kier molecular flexibility index (Phi) is 4.02. The van der Waals surface area contributed by atoms with E-state index in [0.29, 0.717) is 10.9 Å². The molecule has 6 heteroatoms. The van der Waals surface area contributed by atoms with Crippen molar-refractivity contribution in [2.24, 2.45) is 0 Å². The van der Waals surface area contributed by atoms with Crippen molar-refractivity contribution >= 4 is 33.9 Å². The molecular formula is C16H13N3O2S. The minimum absolute atomic E-state index is 0.157. The van der Waals surface area contributed by atoms with E-state index in [-0.39, 0.29) is 10.7 Å². The summed E-state index contributed by atoms with van der Waals surface area (Å²) in [4.78, 5) is 16.6. The zero-order valence-corrected chi connectivity index (χ0v) is 12.3. The number of esters is 1. The fourth-order valence-corrected chi connectivity index (χ4v) is 2.60. The van der Waals surface area contributed by atoms with Gasteiger partial charge in [-0.25, -0.2) is 9.78 Å². The molecule has 1 heterocycles. The number of carbonyl (C=O) groups is 1. The van der Waals surface area contributed by atoms with Crippen LogP contribution in [-0.2, 0) is 0 Å². The van der Waals surface area contributed by atoms with Gasteiger partial charge in [-0.05, 0) is 24.3 Å². The van der Waals surface area contributed by atoms with E-state index >= 15 is 0 Å². The van der Waals surface area contributed by atoms with Crippen molar-refractivity contribution in [3.8, 4) is 5.75 Å². The number of hydrogen-bond acceptors (Lipinski definition) is 6. The summed E-state index contributed by atoms with van der Waals surface area (Å²) in [6.07, 6.45) is 0. The van der Waals surface area contributed by atoms with Crippen LogP contribution in [0.5, 0.6) is 5.75 Å². The van der Waals surface area contributed by atoms with E-state index in [4.69, 9.17) is 10.5 Å². The lowest BCUT2D eigenvalue weighted by Crippen LogP contribution is -2.08. The van der Waals surface area contributed by atoms with Gasteiger partial charge in [0.2, 0.25) is 0 Å². The van der Waals surface area contributed by atoms with Crippen LogP contribution in [0, 0.1) is 0 Å². The molecule has 3 aromatic rings. The lowest BCUT2D eigenvalue weighted by Gasteiger charge is -2.02. The van der Waals surface area contributed by atoms with Gasteiger partial charge in [-0.3, -0.25) is 0 Å². The van der Waals surface area contributed by atoms with E-state index < -0.39 is 5.97 Å². The number of nitrogens with one attached hydrogen (secondary N) is 1. The first-order chi connectivity index (χ1) is 10.7. The standard InChI is InChI=1S/C16H13N3O2S/c17-14-13(15(20)21-12-9-5-2-6-10-12)22-16(19-14)18-11-7-3-1-4-8-11/h1-10H,17H2,(H,18,19). The molecule has 0 saturated carbocycles. The lowest BCUT2D eigenvalue weighted by atomic mass is 10.3. The van der Waals surface area contributed by atoms with E-state index in [1.165, 1.54) is 0 Å². The fourth-order valence-electron chi connectivity index (χ4n) is 1.82. The Balaban J connectivity index is 1.76. The molecule has 0 spiro atoms. The first-order valence-electron chi connectivity index (χ1n) is 6.58. The normalized spacial score (nSPS) is 10.2. The Morgan fingerprint density at radius 2 is 1.68 bits per heavy atom. The second-order valence-electron chi connectivity index (χ2n) is 4.43. The van der Waals surface area contributed by atoms with Crippen molar-refractivity contribution in [1.82, 2.24) is 4.98 Å². The molecule has 0 atom stereocenters. The van der Waals surface area contributed by atoms with Gasteiger partial charge in [-0.15, -0.1) is 0 Å². The second-order valence-corrected chi connectivity index (χ2v) is 5.43. The van der Waals surface area contributed by atoms with Gasteiger partial charge in [-0.2, -0.15) is 0 Å². The summed E-state index contributed by atoms with van der Waals surface area (Å²) in [6.45, 7) is 0. The maximum absolute atomic E-state index is 12.1. The molecule has 0 saturated heterocycles. The fraction of sp³-hybridized carbons (Fsp3) is 0. The van der Waals surface area contributed by atoms with Crippen molar-refractivity contribution in [2.75, 3.05) is 11.1 Å².